The minimum absolute atomic E-state index is 0.172. The van der Waals surface area contributed by atoms with Crippen LogP contribution in [0.4, 0.5) is 0 Å². The summed E-state index contributed by atoms with van der Waals surface area (Å²) in [5.41, 5.74) is 14.2. The number of fused-ring (bicyclic) bond motifs is 16. The molecule has 0 fully saturated rings. The topological polar surface area (TPSA) is 67.3 Å². The van der Waals surface area contributed by atoms with Crippen LogP contribution in [-0.2, 0) is 5.41 Å². The number of rotatable bonds is 5. The standard InChI is InChI=1S/C72H46N6S/c1-72(2,3)56-30-12-4-21-43(56)51-29-20-37-63-65(51)53-40-39-52-50-28-11-19-38-64(50)79-71(52)70(53)78(63)69-55(42-74)67(76-59-33-15-7-24-46(59)47-25-8-16-34-60(47)76)66(75-57-31-13-5-22-44(57)45-23-6-14-32-58(45)75)54(41-73)68(69)77-61-35-17-9-26-48(61)49-27-10-18-36-62(49)77/h4-40H,1-3H3. The van der Waals surface area contributed by atoms with Crippen LogP contribution < -0.4 is 0 Å². The van der Waals surface area contributed by atoms with E-state index in [2.05, 4.69) is 276 Å². The molecule has 6 nitrogen and oxygen atoms in total. The second-order valence-electron chi connectivity index (χ2n) is 21.7. The average Bonchev–Trinajstić information content (AvgIpc) is 4.30. The van der Waals surface area contributed by atoms with E-state index in [0.29, 0.717) is 33.9 Å². The van der Waals surface area contributed by atoms with Crippen molar-refractivity contribution in [2.75, 3.05) is 0 Å². The van der Waals surface area contributed by atoms with Crippen LogP contribution in [-0.4, -0.2) is 18.3 Å². The Morgan fingerprint density at radius 1 is 0.329 bits per heavy atom. The van der Waals surface area contributed by atoms with Gasteiger partial charge in [0.2, 0.25) is 0 Å². The van der Waals surface area contributed by atoms with Crippen LogP contribution in [0.25, 0.3) is 141 Å². The molecule has 16 aromatic rings. The third-order valence-electron chi connectivity index (χ3n) is 16.6. The molecule has 11 aromatic carbocycles. The maximum Gasteiger partial charge on any atom is 0.104 e. The van der Waals surface area contributed by atoms with Crippen molar-refractivity contribution in [3.8, 4) is 46.0 Å². The van der Waals surface area contributed by atoms with Crippen LogP contribution in [0.15, 0.2) is 224 Å². The smallest absolute Gasteiger partial charge is 0.104 e. The molecule has 0 amide bonds. The first kappa shape index (κ1) is 45.1. The predicted molar refractivity (Wildman–Crippen MR) is 330 cm³/mol. The lowest BCUT2D eigenvalue weighted by atomic mass is 9.81. The van der Waals surface area contributed by atoms with Crippen molar-refractivity contribution in [2.45, 2.75) is 26.2 Å². The quantitative estimate of drug-likeness (QED) is 0.172. The monoisotopic (exact) mass is 1030 g/mol. The number of hydrogen-bond acceptors (Lipinski definition) is 3. The molecular weight excluding hydrogens is 981 g/mol. The Morgan fingerprint density at radius 3 is 1.13 bits per heavy atom. The Labute approximate surface area is 458 Å². The third kappa shape index (κ3) is 6.14. The maximum absolute atomic E-state index is 13.0. The van der Waals surface area contributed by atoms with E-state index in [-0.39, 0.29) is 5.41 Å². The fourth-order valence-corrected chi connectivity index (χ4v) is 14.7. The second-order valence-corrected chi connectivity index (χ2v) is 22.8. The van der Waals surface area contributed by atoms with Crippen molar-refractivity contribution in [1.82, 2.24) is 18.3 Å². The molecule has 7 heteroatoms. The van der Waals surface area contributed by atoms with E-state index in [1.54, 1.807) is 11.3 Å². The first-order valence-corrected chi connectivity index (χ1v) is 27.6. The minimum atomic E-state index is -0.172. The Kier molecular flexibility index (Phi) is 9.50. The van der Waals surface area contributed by atoms with Crippen molar-refractivity contribution in [2.24, 2.45) is 0 Å². The molecule has 5 aromatic heterocycles. The third-order valence-corrected chi connectivity index (χ3v) is 17.8. The van der Waals surface area contributed by atoms with Crippen LogP contribution in [0, 0.1) is 22.7 Å². The van der Waals surface area contributed by atoms with E-state index in [0.717, 1.165) is 108 Å². The van der Waals surface area contributed by atoms with E-state index in [9.17, 15) is 10.5 Å². The lowest BCUT2D eigenvalue weighted by Crippen LogP contribution is -2.16. The van der Waals surface area contributed by atoms with Gasteiger partial charge in [-0.15, -0.1) is 11.3 Å². The van der Waals surface area contributed by atoms with Crippen LogP contribution in [0.1, 0.15) is 37.5 Å². The summed E-state index contributed by atoms with van der Waals surface area (Å²) in [5.74, 6) is 0. The number of hydrogen-bond donors (Lipinski definition) is 0. The Bertz CT molecular complexity index is 5240. The molecule has 370 valence electrons. The molecule has 0 radical (unpaired) electrons. The van der Waals surface area contributed by atoms with Gasteiger partial charge in [0.1, 0.15) is 23.3 Å². The zero-order chi connectivity index (χ0) is 52.8. The molecule has 0 aliphatic carbocycles. The molecule has 5 heterocycles. The number of benzene rings is 11. The van der Waals surface area contributed by atoms with E-state index < -0.39 is 0 Å². The van der Waals surface area contributed by atoms with Gasteiger partial charge in [0.15, 0.2) is 0 Å². The Morgan fingerprint density at radius 2 is 0.684 bits per heavy atom. The first-order chi connectivity index (χ1) is 38.8. The van der Waals surface area contributed by atoms with E-state index in [1.807, 2.05) is 0 Å². The summed E-state index contributed by atoms with van der Waals surface area (Å²) in [6.45, 7) is 6.85. The molecule has 79 heavy (non-hydrogen) atoms. The van der Waals surface area contributed by atoms with Crippen LogP contribution >= 0.6 is 11.3 Å². The van der Waals surface area contributed by atoms with Crippen LogP contribution in [0.2, 0.25) is 0 Å². The number of nitrogens with zero attached hydrogens (tertiary/aromatic N) is 6. The number of thiophene rings is 1. The molecule has 0 aliphatic rings. The van der Waals surface area contributed by atoms with Gasteiger partial charge < -0.3 is 18.3 Å². The zero-order valence-electron chi connectivity index (χ0n) is 43.5. The van der Waals surface area contributed by atoms with E-state index >= 15 is 0 Å². The maximum atomic E-state index is 13.0. The normalized spacial score (nSPS) is 12.2. The number of aromatic nitrogens is 4. The molecule has 0 atom stereocenters. The van der Waals surface area contributed by atoms with Crippen molar-refractivity contribution in [3.63, 3.8) is 0 Å². The van der Waals surface area contributed by atoms with Crippen molar-refractivity contribution >= 4 is 119 Å². The van der Waals surface area contributed by atoms with Crippen LogP contribution in [0.3, 0.4) is 0 Å². The molecule has 0 saturated heterocycles. The van der Waals surface area contributed by atoms with Gasteiger partial charge in [-0.25, -0.2) is 0 Å². The Balaban J connectivity index is 1.24. The fraction of sp³-hybridized carbons (Fsp3) is 0.0556. The second kappa shape index (κ2) is 16.7. The summed E-state index contributed by atoms with van der Waals surface area (Å²) in [6.07, 6.45) is 0. The molecule has 0 unspecified atom stereocenters. The summed E-state index contributed by atoms with van der Waals surface area (Å²) in [5, 5.41) is 36.5. The molecule has 0 N–H and O–H groups in total. The van der Waals surface area contributed by atoms with Crippen LogP contribution in [0.5, 0.6) is 0 Å². The van der Waals surface area contributed by atoms with Gasteiger partial charge in [-0.2, -0.15) is 10.5 Å². The summed E-state index contributed by atoms with van der Waals surface area (Å²) in [4.78, 5) is 0. The Hall–Kier alpha value is -10.2. The lowest BCUT2D eigenvalue weighted by Gasteiger charge is -2.27. The van der Waals surface area contributed by atoms with Crippen molar-refractivity contribution in [3.05, 3.63) is 241 Å². The molecule has 0 spiro atoms. The van der Waals surface area contributed by atoms with E-state index in [4.69, 9.17) is 0 Å². The van der Waals surface area contributed by atoms with Crippen molar-refractivity contribution in [1.29, 1.82) is 10.5 Å². The summed E-state index contributed by atoms with van der Waals surface area (Å²) in [6, 6.07) is 85.6. The highest BCUT2D eigenvalue weighted by Gasteiger charge is 2.35. The first-order valence-electron chi connectivity index (χ1n) is 26.8. The fourth-order valence-electron chi connectivity index (χ4n) is 13.4. The largest absolute Gasteiger partial charge is 0.306 e. The average molecular weight is 1030 g/mol. The number of nitriles is 2. The summed E-state index contributed by atoms with van der Waals surface area (Å²) >= 11 is 1.78. The highest BCUT2D eigenvalue weighted by atomic mass is 32.1. The highest BCUT2D eigenvalue weighted by Crippen LogP contribution is 2.52. The summed E-state index contributed by atoms with van der Waals surface area (Å²) in [7, 11) is 0. The molecule has 0 saturated carbocycles. The molecular formula is C72H46N6S. The highest BCUT2D eigenvalue weighted by molar-refractivity contribution is 7.26. The molecule has 0 bridgehead atoms. The summed E-state index contributed by atoms with van der Waals surface area (Å²) < 4.78 is 11.5. The lowest BCUT2D eigenvalue weighted by molar-refractivity contribution is 0.592. The van der Waals surface area contributed by atoms with Gasteiger partial charge in [0.25, 0.3) is 0 Å². The van der Waals surface area contributed by atoms with E-state index in [1.165, 1.54) is 15.6 Å². The zero-order valence-corrected chi connectivity index (χ0v) is 44.3. The van der Waals surface area contributed by atoms with Gasteiger partial charge in [0, 0.05) is 58.6 Å². The van der Waals surface area contributed by atoms with Gasteiger partial charge in [0.05, 0.1) is 71.6 Å². The van der Waals surface area contributed by atoms with Gasteiger partial charge >= 0.3 is 0 Å². The SMILES string of the molecule is CC(C)(C)c1ccccc1-c1cccc2c1c1ccc3c4ccccc4sc3c1n2-c1c(C#N)c(-n2c3ccccc3c3ccccc32)c(-n2c3ccccc3c3ccccc32)c(C#N)c1-n1c2ccccc2c2ccccc21. The predicted octanol–water partition coefficient (Wildman–Crippen LogP) is 19.2. The number of para-hydroxylation sites is 6. The van der Waals surface area contributed by atoms with Gasteiger partial charge in [-0.05, 0) is 70.6 Å². The van der Waals surface area contributed by atoms with Crippen molar-refractivity contribution < 1.29 is 0 Å². The van der Waals surface area contributed by atoms with Gasteiger partial charge in [-0.3, -0.25) is 0 Å². The molecule has 16 rings (SSSR count). The van der Waals surface area contributed by atoms with Gasteiger partial charge in [-0.1, -0.05) is 197 Å². The molecule has 0 aliphatic heterocycles. The minimum Gasteiger partial charge on any atom is -0.306 e.